The predicted octanol–water partition coefficient (Wildman–Crippen LogP) is 1.71. The Kier molecular flexibility index (Phi) is 2.30. The second kappa shape index (κ2) is 3.19. The Labute approximate surface area is 85.1 Å². The van der Waals surface area contributed by atoms with Crippen LogP contribution >= 0.6 is 12.6 Å². The molecule has 0 aromatic rings. The van der Waals surface area contributed by atoms with Crippen LogP contribution in [0.4, 0.5) is 0 Å². The smallest absolute Gasteiger partial charge is 0.222 e. The number of hydrogen-bond acceptors (Lipinski definition) is 2. The van der Waals surface area contributed by atoms with Gasteiger partial charge in [0.1, 0.15) is 0 Å². The van der Waals surface area contributed by atoms with Crippen molar-refractivity contribution >= 4 is 18.5 Å². The van der Waals surface area contributed by atoms with Gasteiger partial charge in [0.05, 0.1) is 0 Å². The van der Waals surface area contributed by atoms with E-state index in [1.54, 1.807) is 0 Å². The summed E-state index contributed by atoms with van der Waals surface area (Å²) in [6.45, 7) is 3.11. The zero-order valence-corrected chi connectivity index (χ0v) is 9.02. The van der Waals surface area contributed by atoms with Crippen LogP contribution in [0.25, 0.3) is 0 Å². The molecule has 0 N–H and O–H groups in total. The van der Waals surface area contributed by atoms with Gasteiger partial charge >= 0.3 is 0 Å². The molecule has 2 fully saturated rings. The molecule has 1 saturated heterocycles. The van der Waals surface area contributed by atoms with E-state index in [-0.39, 0.29) is 0 Å². The highest BCUT2D eigenvalue weighted by atomic mass is 32.1. The molecule has 0 aromatic carbocycles. The van der Waals surface area contributed by atoms with Crippen LogP contribution in [0.3, 0.4) is 0 Å². The summed E-state index contributed by atoms with van der Waals surface area (Å²) in [7, 11) is 0. The molecule has 1 saturated carbocycles. The first-order valence-electron chi connectivity index (χ1n) is 5.07. The molecule has 1 aliphatic carbocycles. The standard InChI is InChI=1S/C10H17NOS/c1-8-2-3-9(12)11(8)6-10(7-13)4-5-10/h8,13H,2-7H2,1H3. The molecule has 1 atom stereocenters. The van der Waals surface area contributed by atoms with Crippen molar-refractivity contribution in [1.29, 1.82) is 0 Å². The monoisotopic (exact) mass is 199 g/mol. The van der Waals surface area contributed by atoms with E-state index in [2.05, 4.69) is 24.5 Å². The van der Waals surface area contributed by atoms with Gasteiger partial charge in [-0.15, -0.1) is 0 Å². The van der Waals surface area contributed by atoms with Crippen molar-refractivity contribution < 1.29 is 4.79 Å². The third-order valence-corrected chi connectivity index (χ3v) is 4.10. The second-order valence-electron chi connectivity index (χ2n) is 4.57. The summed E-state index contributed by atoms with van der Waals surface area (Å²) in [4.78, 5) is 13.6. The molecule has 13 heavy (non-hydrogen) atoms. The maximum Gasteiger partial charge on any atom is 0.222 e. The molecule has 74 valence electrons. The number of carbonyl (C=O) groups excluding carboxylic acids is 1. The topological polar surface area (TPSA) is 20.3 Å². The van der Waals surface area contributed by atoms with Crippen molar-refractivity contribution in [3.63, 3.8) is 0 Å². The normalized spacial score (nSPS) is 31.1. The Balaban J connectivity index is 1.97. The zero-order chi connectivity index (χ0) is 9.47. The predicted molar refractivity (Wildman–Crippen MR) is 55.9 cm³/mol. The fraction of sp³-hybridized carbons (Fsp3) is 0.900. The van der Waals surface area contributed by atoms with Crippen molar-refractivity contribution in [1.82, 2.24) is 4.90 Å². The fourth-order valence-electron chi connectivity index (χ4n) is 2.03. The Morgan fingerprint density at radius 3 is 2.69 bits per heavy atom. The number of thiol groups is 1. The van der Waals surface area contributed by atoms with E-state index in [0.29, 0.717) is 17.4 Å². The number of hydrogen-bond donors (Lipinski definition) is 1. The van der Waals surface area contributed by atoms with Crippen LogP contribution in [0, 0.1) is 5.41 Å². The van der Waals surface area contributed by atoms with Gasteiger partial charge in [0.2, 0.25) is 5.91 Å². The van der Waals surface area contributed by atoms with E-state index in [1.165, 1.54) is 12.8 Å². The first-order valence-corrected chi connectivity index (χ1v) is 5.70. The Morgan fingerprint density at radius 2 is 2.31 bits per heavy atom. The first-order chi connectivity index (χ1) is 6.17. The van der Waals surface area contributed by atoms with Crippen LogP contribution in [0.5, 0.6) is 0 Å². The quantitative estimate of drug-likeness (QED) is 0.686. The molecule has 2 nitrogen and oxygen atoms in total. The summed E-state index contributed by atoms with van der Waals surface area (Å²) in [5, 5.41) is 0. The summed E-state index contributed by atoms with van der Waals surface area (Å²) >= 11 is 4.36. The molecule has 1 amide bonds. The largest absolute Gasteiger partial charge is 0.339 e. The Hall–Kier alpha value is -0.180. The van der Waals surface area contributed by atoms with E-state index in [4.69, 9.17) is 0 Å². The van der Waals surface area contributed by atoms with Gasteiger partial charge in [0, 0.05) is 19.0 Å². The van der Waals surface area contributed by atoms with Crippen molar-refractivity contribution in [2.24, 2.45) is 5.41 Å². The molecule has 1 aliphatic heterocycles. The number of carbonyl (C=O) groups is 1. The van der Waals surface area contributed by atoms with E-state index in [0.717, 1.165) is 25.1 Å². The van der Waals surface area contributed by atoms with Crippen molar-refractivity contribution in [2.75, 3.05) is 12.3 Å². The molecule has 3 heteroatoms. The summed E-state index contributed by atoms with van der Waals surface area (Å²) < 4.78 is 0. The van der Waals surface area contributed by atoms with Gasteiger partial charge in [0.15, 0.2) is 0 Å². The highest BCUT2D eigenvalue weighted by molar-refractivity contribution is 7.80. The lowest BCUT2D eigenvalue weighted by atomic mass is 10.1. The summed E-state index contributed by atoms with van der Waals surface area (Å²) in [6.07, 6.45) is 4.31. The van der Waals surface area contributed by atoms with Crippen LogP contribution in [0.2, 0.25) is 0 Å². The van der Waals surface area contributed by atoms with E-state index in [9.17, 15) is 4.79 Å². The SMILES string of the molecule is CC1CCC(=O)N1CC1(CS)CC1. The molecule has 2 aliphatic rings. The van der Waals surface area contributed by atoms with Gasteiger partial charge in [0.25, 0.3) is 0 Å². The number of amides is 1. The van der Waals surface area contributed by atoms with E-state index < -0.39 is 0 Å². The first kappa shape index (κ1) is 9.38. The molecule has 1 unspecified atom stereocenters. The van der Waals surface area contributed by atoms with Crippen molar-refractivity contribution in [2.45, 2.75) is 38.6 Å². The number of nitrogens with zero attached hydrogens (tertiary/aromatic N) is 1. The van der Waals surface area contributed by atoms with Crippen molar-refractivity contribution in [3.8, 4) is 0 Å². The molecular weight excluding hydrogens is 182 g/mol. The maximum absolute atomic E-state index is 11.5. The maximum atomic E-state index is 11.5. The molecule has 1 heterocycles. The molecule has 2 rings (SSSR count). The average molecular weight is 199 g/mol. The molecular formula is C10H17NOS. The van der Waals surface area contributed by atoms with Crippen LogP contribution in [0.15, 0.2) is 0 Å². The molecule has 0 aromatic heterocycles. The summed E-state index contributed by atoms with van der Waals surface area (Å²) in [5.74, 6) is 1.28. The van der Waals surface area contributed by atoms with Crippen LogP contribution < -0.4 is 0 Å². The van der Waals surface area contributed by atoms with Crippen LogP contribution in [0.1, 0.15) is 32.6 Å². The number of rotatable bonds is 3. The van der Waals surface area contributed by atoms with E-state index >= 15 is 0 Å². The lowest BCUT2D eigenvalue weighted by Gasteiger charge is -2.26. The lowest BCUT2D eigenvalue weighted by molar-refractivity contribution is -0.129. The van der Waals surface area contributed by atoms with Gasteiger partial charge in [-0.2, -0.15) is 12.6 Å². The highest BCUT2D eigenvalue weighted by Crippen LogP contribution is 2.47. The van der Waals surface area contributed by atoms with Gasteiger partial charge in [-0.3, -0.25) is 4.79 Å². The van der Waals surface area contributed by atoms with Gasteiger partial charge in [-0.25, -0.2) is 0 Å². The van der Waals surface area contributed by atoms with Crippen LogP contribution in [-0.4, -0.2) is 29.1 Å². The highest BCUT2D eigenvalue weighted by Gasteiger charge is 2.45. The Morgan fingerprint density at radius 1 is 1.62 bits per heavy atom. The summed E-state index contributed by atoms with van der Waals surface area (Å²) in [6, 6.07) is 0.463. The van der Waals surface area contributed by atoms with Gasteiger partial charge < -0.3 is 4.90 Å². The molecule has 0 radical (unpaired) electrons. The minimum atomic E-state index is 0.348. The average Bonchev–Trinajstić information content (AvgIpc) is 2.84. The minimum absolute atomic E-state index is 0.348. The second-order valence-corrected chi connectivity index (χ2v) is 4.88. The van der Waals surface area contributed by atoms with Gasteiger partial charge in [-0.1, -0.05) is 0 Å². The minimum Gasteiger partial charge on any atom is -0.339 e. The molecule has 0 spiro atoms. The van der Waals surface area contributed by atoms with E-state index in [1.807, 2.05) is 0 Å². The summed E-state index contributed by atoms with van der Waals surface area (Å²) in [5.41, 5.74) is 0.386. The van der Waals surface area contributed by atoms with Crippen LogP contribution in [-0.2, 0) is 4.79 Å². The Bertz CT molecular complexity index is 225. The molecule has 0 bridgehead atoms. The zero-order valence-electron chi connectivity index (χ0n) is 8.12. The lowest BCUT2D eigenvalue weighted by Crippen LogP contribution is -2.36. The van der Waals surface area contributed by atoms with Crippen molar-refractivity contribution in [3.05, 3.63) is 0 Å². The number of likely N-dealkylation sites (tertiary alicyclic amines) is 1. The fourth-order valence-corrected chi connectivity index (χ4v) is 2.44. The third-order valence-electron chi connectivity index (χ3n) is 3.43. The van der Waals surface area contributed by atoms with Gasteiger partial charge in [-0.05, 0) is 37.4 Å². The third kappa shape index (κ3) is 1.71.